The van der Waals surface area contributed by atoms with Crippen LogP contribution in [0.1, 0.15) is 6.42 Å². The van der Waals surface area contributed by atoms with E-state index in [0.29, 0.717) is 13.0 Å². The van der Waals surface area contributed by atoms with E-state index < -0.39 is 6.10 Å². The van der Waals surface area contributed by atoms with Gasteiger partial charge in [-0.3, -0.25) is 4.79 Å². The third kappa shape index (κ3) is 0.939. The minimum absolute atomic E-state index is 0.0278. The van der Waals surface area contributed by atoms with Crippen molar-refractivity contribution in [3.63, 3.8) is 0 Å². The van der Waals surface area contributed by atoms with Crippen molar-refractivity contribution >= 4 is 12.3 Å². The van der Waals surface area contributed by atoms with Crippen LogP contribution in [0.2, 0.25) is 0 Å². The molecule has 2 aliphatic heterocycles. The van der Waals surface area contributed by atoms with E-state index in [4.69, 9.17) is 9.47 Å². The lowest BCUT2D eigenvalue weighted by molar-refractivity contribution is -0.142. The number of carbonyl (C=O) groups excluding carboxylic acids is 2. The van der Waals surface area contributed by atoms with Crippen LogP contribution in [-0.2, 0) is 19.1 Å². The molecule has 2 fully saturated rings. The Morgan fingerprint density at radius 2 is 2.36 bits per heavy atom. The predicted molar refractivity (Wildman–Crippen MR) is 33.8 cm³/mol. The highest BCUT2D eigenvalue weighted by atomic mass is 16.6. The smallest absolute Gasteiger partial charge is 0.306 e. The second kappa shape index (κ2) is 2.30. The van der Waals surface area contributed by atoms with E-state index in [2.05, 4.69) is 0 Å². The van der Waals surface area contributed by atoms with Crippen LogP contribution < -0.4 is 0 Å². The summed E-state index contributed by atoms with van der Waals surface area (Å²) in [5.74, 6) is -0.241. The predicted octanol–water partition coefficient (Wildman–Crippen LogP) is -0.484. The zero-order valence-electron chi connectivity index (χ0n) is 5.86. The largest absolute Gasteiger partial charge is 0.459 e. The number of rotatable bonds is 1. The van der Waals surface area contributed by atoms with Crippen molar-refractivity contribution in [3.8, 4) is 0 Å². The highest BCUT2D eigenvalue weighted by Crippen LogP contribution is 2.31. The molecule has 0 spiro atoms. The Hall–Kier alpha value is -0.900. The van der Waals surface area contributed by atoms with Crippen molar-refractivity contribution in [2.24, 2.45) is 5.92 Å². The molecule has 0 aromatic rings. The van der Waals surface area contributed by atoms with Crippen molar-refractivity contribution in [2.75, 3.05) is 6.61 Å². The zero-order valence-corrected chi connectivity index (χ0v) is 5.86. The van der Waals surface area contributed by atoms with E-state index in [-0.39, 0.29) is 18.0 Å². The fourth-order valence-electron chi connectivity index (χ4n) is 1.58. The summed E-state index contributed by atoms with van der Waals surface area (Å²) in [6, 6.07) is 0. The van der Waals surface area contributed by atoms with Crippen molar-refractivity contribution in [2.45, 2.75) is 18.6 Å². The van der Waals surface area contributed by atoms with Crippen LogP contribution in [0.5, 0.6) is 0 Å². The van der Waals surface area contributed by atoms with Crippen molar-refractivity contribution < 1.29 is 19.1 Å². The molecule has 0 radical (unpaired) electrons. The summed E-state index contributed by atoms with van der Waals surface area (Å²) in [7, 11) is 0. The van der Waals surface area contributed by atoms with E-state index >= 15 is 0 Å². The Balaban J connectivity index is 2.12. The highest BCUT2D eigenvalue weighted by molar-refractivity contribution is 5.74. The van der Waals surface area contributed by atoms with Gasteiger partial charge >= 0.3 is 5.97 Å². The first-order valence-electron chi connectivity index (χ1n) is 3.57. The molecule has 0 aromatic heterocycles. The minimum atomic E-state index is -0.425. The quantitative estimate of drug-likeness (QED) is 0.380. The molecule has 2 rings (SSSR count). The van der Waals surface area contributed by atoms with Gasteiger partial charge in [0.15, 0.2) is 0 Å². The number of ether oxygens (including phenoxy) is 2. The SMILES string of the molecule is O=C[C@@H]1OC[C@H]2OC(=O)C[C@@H]12. The molecule has 0 bridgehead atoms. The van der Waals surface area contributed by atoms with Gasteiger partial charge in [-0.25, -0.2) is 0 Å². The van der Waals surface area contributed by atoms with Crippen molar-refractivity contribution in [3.05, 3.63) is 0 Å². The molecule has 11 heavy (non-hydrogen) atoms. The second-order valence-electron chi connectivity index (χ2n) is 2.83. The van der Waals surface area contributed by atoms with E-state index in [1.165, 1.54) is 0 Å². The number of hydrogen-bond acceptors (Lipinski definition) is 4. The van der Waals surface area contributed by atoms with Crippen molar-refractivity contribution in [1.82, 2.24) is 0 Å². The van der Waals surface area contributed by atoms with Gasteiger partial charge in [-0.15, -0.1) is 0 Å². The van der Waals surface area contributed by atoms with Crippen LogP contribution in [0, 0.1) is 5.92 Å². The average Bonchev–Trinajstić information content (AvgIpc) is 2.45. The number of aldehydes is 1. The molecule has 0 N–H and O–H groups in total. The average molecular weight is 156 g/mol. The van der Waals surface area contributed by atoms with Crippen LogP contribution >= 0.6 is 0 Å². The van der Waals surface area contributed by atoms with Crippen LogP contribution in [-0.4, -0.2) is 31.1 Å². The fourth-order valence-corrected chi connectivity index (χ4v) is 1.58. The number of hydrogen-bond donors (Lipinski definition) is 0. The molecule has 0 amide bonds. The molecule has 2 aliphatic rings. The molecular formula is C7H8O4. The maximum absolute atomic E-state index is 10.7. The topological polar surface area (TPSA) is 52.6 Å². The lowest BCUT2D eigenvalue weighted by atomic mass is 9.99. The fraction of sp³-hybridized carbons (Fsp3) is 0.714. The van der Waals surface area contributed by atoms with Crippen LogP contribution in [0.15, 0.2) is 0 Å². The Labute approximate surface area is 63.5 Å². The molecule has 3 atom stereocenters. The summed E-state index contributed by atoms with van der Waals surface area (Å²) in [5, 5.41) is 0. The van der Waals surface area contributed by atoms with Gasteiger partial charge in [0.1, 0.15) is 18.5 Å². The highest BCUT2D eigenvalue weighted by Gasteiger charge is 2.45. The summed E-state index contributed by atoms with van der Waals surface area (Å²) >= 11 is 0. The van der Waals surface area contributed by atoms with Gasteiger partial charge in [0, 0.05) is 5.92 Å². The molecule has 4 nitrogen and oxygen atoms in total. The van der Waals surface area contributed by atoms with Gasteiger partial charge in [0.2, 0.25) is 0 Å². The monoisotopic (exact) mass is 156 g/mol. The Kier molecular flexibility index (Phi) is 1.42. The third-order valence-corrected chi connectivity index (χ3v) is 2.17. The Morgan fingerprint density at radius 3 is 3.09 bits per heavy atom. The Morgan fingerprint density at radius 1 is 1.55 bits per heavy atom. The lowest BCUT2D eigenvalue weighted by Gasteiger charge is -2.05. The first kappa shape index (κ1) is 6.79. The molecule has 0 unspecified atom stereocenters. The van der Waals surface area contributed by atoms with E-state index in [1.54, 1.807) is 0 Å². The summed E-state index contributed by atoms with van der Waals surface area (Å²) in [6.45, 7) is 0.375. The summed E-state index contributed by atoms with van der Waals surface area (Å²) < 4.78 is 9.97. The van der Waals surface area contributed by atoms with E-state index in [9.17, 15) is 9.59 Å². The number of fused-ring (bicyclic) bond motifs is 1. The van der Waals surface area contributed by atoms with Gasteiger partial charge in [-0.2, -0.15) is 0 Å². The maximum Gasteiger partial charge on any atom is 0.306 e. The standard InChI is InChI=1S/C7H8O4/c8-2-5-4-1-7(9)11-6(4)3-10-5/h2,4-6H,1,3H2/t4-,5-,6+/m0/s1. The number of esters is 1. The van der Waals surface area contributed by atoms with Crippen molar-refractivity contribution in [1.29, 1.82) is 0 Å². The van der Waals surface area contributed by atoms with Gasteiger partial charge < -0.3 is 14.3 Å². The molecule has 60 valence electrons. The van der Waals surface area contributed by atoms with Crippen LogP contribution in [0.25, 0.3) is 0 Å². The molecular weight excluding hydrogens is 148 g/mol. The maximum atomic E-state index is 10.7. The first-order valence-corrected chi connectivity index (χ1v) is 3.57. The van der Waals surface area contributed by atoms with E-state index in [1.807, 2.05) is 0 Å². The molecule has 0 saturated carbocycles. The molecule has 0 aromatic carbocycles. The zero-order chi connectivity index (χ0) is 7.84. The first-order chi connectivity index (χ1) is 5.31. The Bertz CT molecular complexity index is 201. The van der Waals surface area contributed by atoms with Crippen LogP contribution in [0.4, 0.5) is 0 Å². The molecule has 4 heteroatoms. The third-order valence-electron chi connectivity index (χ3n) is 2.17. The van der Waals surface area contributed by atoms with Gasteiger partial charge in [0.25, 0.3) is 0 Å². The van der Waals surface area contributed by atoms with Gasteiger partial charge in [-0.1, -0.05) is 0 Å². The number of carbonyl (C=O) groups is 2. The second-order valence-corrected chi connectivity index (χ2v) is 2.83. The minimum Gasteiger partial charge on any atom is -0.459 e. The summed E-state index contributed by atoms with van der Waals surface area (Å²) in [4.78, 5) is 21.1. The summed E-state index contributed by atoms with van der Waals surface area (Å²) in [6.07, 6.45) is 0.477. The summed E-state index contributed by atoms with van der Waals surface area (Å²) in [5.41, 5.74) is 0. The molecule has 0 aliphatic carbocycles. The normalized spacial score (nSPS) is 41.8. The van der Waals surface area contributed by atoms with Crippen LogP contribution in [0.3, 0.4) is 0 Å². The van der Waals surface area contributed by atoms with Gasteiger partial charge in [0.05, 0.1) is 13.0 Å². The molecule has 2 heterocycles. The lowest BCUT2D eigenvalue weighted by Crippen LogP contribution is -2.20. The van der Waals surface area contributed by atoms with Gasteiger partial charge in [-0.05, 0) is 0 Å². The molecule has 2 saturated heterocycles. The van der Waals surface area contributed by atoms with E-state index in [0.717, 1.165) is 6.29 Å².